The lowest BCUT2D eigenvalue weighted by molar-refractivity contribution is 0.111. The van der Waals surface area contributed by atoms with Crippen LogP contribution < -0.4 is 5.32 Å². The predicted octanol–water partition coefficient (Wildman–Crippen LogP) is 2.18. The molecule has 0 spiro atoms. The van der Waals surface area contributed by atoms with Crippen molar-refractivity contribution >= 4 is 12.2 Å². The van der Waals surface area contributed by atoms with Gasteiger partial charge in [-0.2, -0.15) is 0 Å². The maximum atomic E-state index is 11.2. The van der Waals surface area contributed by atoms with Gasteiger partial charge in [0.1, 0.15) is 11.4 Å². The number of fused-ring (bicyclic) bond motifs is 1. The minimum atomic E-state index is 0.665. The average Bonchev–Trinajstić information content (AvgIpc) is 2.78. The van der Waals surface area contributed by atoms with Gasteiger partial charge in [0.25, 0.3) is 0 Å². The highest BCUT2D eigenvalue weighted by molar-refractivity contribution is 5.85. The second kappa shape index (κ2) is 4.05. The van der Waals surface area contributed by atoms with Gasteiger partial charge in [-0.3, -0.25) is 4.79 Å². The Balaban J connectivity index is 2.17. The molecule has 2 aromatic rings. The first-order chi connectivity index (χ1) is 8.40. The van der Waals surface area contributed by atoms with E-state index in [0.717, 1.165) is 43.0 Å². The Hall–Kier alpha value is -2.10. The van der Waals surface area contributed by atoms with Crippen LogP contribution in [0.5, 0.6) is 0 Å². The fraction of sp³-hybridized carbons (Fsp3) is 0.231. The third kappa shape index (κ3) is 1.62. The molecule has 0 radical (unpaired) electrons. The standard InChI is InChI=1S/C13H13N3O/c17-9-11-12(10-5-2-1-3-6-10)15-13-14-7-4-8-16(11)13/h1-3,5-6,9H,4,7-8H2,(H,14,15). The molecule has 86 valence electrons. The van der Waals surface area contributed by atoms with Crippen LogP contribution in [0.1, 0.15) is 16.9 Å². The van der Waals surface area contributed by atoms with Crippen molar-refractivity contribution in [3.8, 4) is 11.3 Å². The van der Waals surface area contributed by atoms with Crippen LogP contribution in [0.25, 0.3) is 11.3 Å². The maximum absolute atomic E-state index is 11.2. The lowest BCUT2D eigenvalue weighted by atomic mass is 10.1. The zero-order chi connectivity index (χ0) is 11.7. The Morgan fingerprint density at radius 3 is 2.88 bits per heavy atom. The molecular formula is C13H13N3O. The Morgan fingerprint density at radius 2 is 2.12 bits per heavy atom. The van der Waals surface area contributed by atoms with Crippen molar-refractivity contribution in [2.24, 2.45) is 0 Å². The van der Waals surface area contributed by atoms with Crippen LogP contribution in [0.2, 0.25) is 0 Å². The average molecular weight is 227 g/mol. The third-order valence-corrected chi connectivity index (χ3v) is 3.01. The number of nitrogens with one attached hydrogen (secondary N) is 1. The van der Waals surface area contributed by atoms with E-state index in [-0.39, 0.29) is 0 Å². The molecule has 4 heteroatoms. The van der Waals surface area contributed by atoms with Gasteiger partial charge in [-0.05, 0) is 6.42 Å². The van der Waals surface area contributed by atoms with Crippen molar-refractivity contribution in [1.29, 1.82) is 0 Å². The van der Waals surface area contributed by atoms with Gasteiger partial charge in [0, 0.05) is 18.7 Å². The maximum Gasteiger partial charge on any atom is 0.203 e. The van der Waals surface area contributed by atoms with Gasteiger partial charge in [-0.25, -0.2) is 4.98 Å². The monoisotopic (exact) mass is 227 g/mol. The van der Waals surface area contributed by atoms with Crippen LogP contribution in [-0.4, -0.2) is 22.4 Å². The molecule has 0 unspecified atom stereocenters. The van der Waals surface area contributed by atoms with Crippen LogP contribution >= 0.6 is 0 Å². The van der Waals surface area contributed by atoms with E-state index in [9.17, 15) is 4.79 Å². The molecule has 0 bridgehead atoms. The number of imidazole rings is 1. The summed E-state index contributed by atoms with van der Waals surface area (Å²) in [7, 11) is 0. The van der Waals surface area contributed by atoms with E-state index in [0.29, 0.717) is 5.69 Å². The highest BCUT2D eigenvalue weighted by atomic mass is 16.1. The largest absolute Gasteiger partial charge is 0.356 e. The second-order valence-corrected chi connectivity index (χ2v) is 4.09. The summed E-state index contributed by atoms with van der Waals surface area (Å²) in [4.78, 5) is 15.8. The summed E-state index contributed by atoms with van der Waals surface area (Å²) in [6.45, 7) is 1.78. The first kappa shape index (κ1) is 10.1. The van der Waals surface area contributed by atoms with Crippen LogP contribution in [0, 0.1) is 0 Å². The molecule has 0 atom stereocenters. The highest BCUT2D eigenvalue weighted by Gasteiger charge is 2.19. The lowest BCUT2D eigenvalue weighted by Crippen LogP contribution is -2.18. The minimum Gasteiger partial charge on any atom is -0.356 e. The smallest absolute Gasteiger partial charge is 0.203 e. The van der Waals surface area contributed by atoms with Crippen LogP contribution in [-0.2, 0) is 6.54 Å². The summed E-state index contributed by atoms with van der Waals surface area (Å²) in [6.07, 6.45) is 1.92. The number of aromatic nitrogens is 2. The first-order valence-corrected chi connectivity index (χ1v) is 5.75. The van der Waals surface area contributed by atoms with Crippen molar-refractivity contribution in [1.82, 2.24) is 9.55 Å². The fourth-order valence-electron chi connectivity index (χ4n) is 2.19. The van der Waals surface area contributed by atoms with E-state index < -0.39 is 0 Å². The first-order valence-electron chi connectivity index (χ1n) is 5.75. The topological polar surface area (TPSA) is 46.9 Å². The van der Waals surface area contributed by atoms with Crippen molar-refractivity contribution in [3.05, 3.63) is 36.0 Å². The van der Waals surface area contributed by atoms with E-state index in [1.165, 1.54) is 0 Å². The molecule has 1 aliphatic heterocycles. The summed E-state index contributed by atoms with van der Waals surface area (Å²) >= 11 is 0. The molecule has 0 amide bonds. The Kier molecular flexibility index (Phi) is 2.40. The van der Waals surface area contributed by atoms with Crippen LogP contribution in [0.4, 0.5) is 5.95 Å². The molecule has 2 heterocycles. The molecule has 0 fully saturated rings. The molecule has 0 saturated carbocycles. The zero-order valence-corrected chi connectivity index (χ0v) is 9.39. The molecule has 0 saturated heterocycles. The van der Waals surface area contributed by atoms with Crippen molar-refractivity contribution in [2.75, 3.05) is 11.9 Å². The molecule has 3 rings (SSSR count). The molecule has 0 aliphatic carbocycles. The van der Waals surface area contributed by atoms with Gasteiger partial charge in [-0.1, -0.05) is 30.3 Å². The normalized spacial score (nSPS) is 13.9. The fourth-order valence-corrected chi connectivity index (χ4v) is 2.19. The number of anilines is 1. The SMILES string of the molecule is O=Cc1c(-c2ccccc2)nc2n1CCCN2. The van der Waals surface area contributed by atoms with E-state index in [2.05, 4.69) is 10.3 Å². The molecule has 1 aliphatic rings. The highest BCUT2D eigenvalue weighted by Crippen LogP contribution is 2.26. The van der Waals surface area contributed by atoms with E-state index >= 15 is 0 Å². The number of hydrogen-bond acceptors (Lipinski definition) is 3. The third-order valence-electron chi connectivity index (χ3n) is 3.01. The summed E-state index contributed by atoms with van der Waals surface area (Å²) < 4.78 is 1.96. The van der Waals surface area contributed by atoms with Crippen LogP contribution in [0.3, 0.4) is 0 Å². The number of hydrogen-bond donors (Lipinski definition) is 1. The van der Waals surface area contributed by atoms with Crippen molar-refractivity contribution < 1.29 is 4.79 Å². The number of rotatable bonds is 2. The Morgan fingerprint density at radius 1 is 1.29 bits per heavy atom. The predicted molar refractivity (Wildman–Crippen MR) is 66.2 cm³/mol. The number of aldehydes is 1. The second-order valence-electron chi connectivity index (χ2n) is 4.09. The summed E-state index contributed by atoms with van der Waals surface area (Å²) in [5.74, 6) is 0.803. The molecule has 1 N–H and O–H groups in total. The lowest BCUT2D eigenvalue weighted by Gasteiger charge is -2.15. The van der Waals surface area contributed by atoms with Gasteiger partial charge in [0.15, 0.2) is 6.29 Å². The van der Waals surface area contributed by atoms with E-state index in [1.54, 1.807) is 0 Å². The van der Waals surface area contributed by atoms with E-state index in [4.69, 9.17) is 0 Å². The summed E-state index contributed by atoms with van der Waals surface area (Å²) in [5, 5.41) is 3.22. The number of nitrogens with zero attached hydrogens (tertiary/aromatic N) is 2. The molecule has 1 aromatic carbocycles. The zero-order valence-electron chi connectivity index (χ0n) is 9.39. The van der Waals surface area contributed by atoms with Crippen molar-refractivity contribution in [2.45, 2.75) is 13.0 Å². The molecule has 4 nitrogen and oxygen atoms in total. The minimum absolute atomic E-state index is 0.665. The summed E-state index contributed by atoms with van der Waals surface area (Å²) in [5.41, 5.74) is 2.42. The Bertz CT molecular complexity index is 545. The summed E-state index contributed by atoms with van der Waals surface area (Å²) in [6, 6.07) is 9.81. The van der Waals surface area contributed by atoms with Gasteiger partial charge in [0.05, 0.1) is 0 Å². The Labute approximate surface area is 99.3 Å². The van der Waals surface area contributed by atoms with Gasteiger partial charge < -0.3 is 9.88 Å². The van der Waals surface area contributed by atoms with E-state index in [1.807, 2.05) is 34.9 Å². The molecule has 17 heavy (non-hydrogen) atoms. The van der Waals surface area contributed by atoms with Gasteiger partial charge in [-0.15, -0.1) is 0 Å². The molecular weight excluding hydrogens is 214 g/mol. The van der Waals surface area contributed by atoms with Crippen molar-refractivity contribution in [3.63, 3.8) is 0 Å². The van der Waals surface area contributed by atoms with Gasteiger partial charge in [0.2, 0.25) is 5.95 Å². The molecule has 1 aromatic heterocycles. The van der Waals surface area contributed by atoms with Crippen LogP contribution in [0.15, 0.2) is 30.3 Å². The van der Waals surface area contributed by atoms with Gasteiger partial charge >= 0.3 is 0 Å². The quantitative estimate of drug-likeness (QED) is 0.800. The number of carbonyl (C=O) groups excluding carboxylic acids is 1. The number of carbonyl (C=O) groups is 1. The number of benzene rings is 1.